The minimum atomic E-state index is -0.723. The Labute approximate surface area is 397 Å². The molecular formula is C51H47N7O12. The number of H-pyrrole nitrogens is 1. The lowest BCUT2D eigenvalue weighted by atomic mass is 10.2. The second-order valence-corrected chi connectivity index (χ2v) is 14.6. The van der Waals surface area contributed by atoms with Crippen molar-refractivity contribution < 1.29 is 38.4 Å². The highest BCUT2D eigenvalue weighted by atomic mass is 16.7. The molecule has 3 heterocycles. The molecule has 0 aliphatic heterocycles. The van der Waals surface area contributed by atoms with Crippen molar-refractivity contribution in [1.29, 1.82) is 0 Å². The van der Waals surface area contributed by atoms with Crippen LogP contribution in [0.2, 0.25) is 0 Å². The molecule has 1 amide bonds. The summed E-state index contributed by atoms with van der Waals surface area (Å²) >= 11 is 0. The van der Waals surface area contributed by atoms with Gasteiger partial charge in [0.25, 0.3) is 17.0 Å². The Morgan fingerprint density at radius 2 is 1.11 bits per heavy atom. The van der Waals surface area contributed by atoms with Crippen LogP contribution in [0.4, 0.5) is 5.69 Å². The smallest absolute Gasteiger partial charge is 0.419 e. The zero-order valence-corrected chi connectivity index (χ0v) is 38.2. The van der Waals surface area contributed by atoms with Gasteiger partial charge in [0.1, 0.15) is 18.3 Å². The van der Waals surface area contributed by atoms with Gasteiger partial charge in [-0.25, -0.2) is 25.0 Å². The fourth-order valence-corrected chi connectivity index (χ4v) is 6.09. The highest BCUT2D eigenvalue weighted by Gasteiger charge is 2.10. The fraction of sp³-hybridized carbons (Fsp3) is 0.118. The minimum absolute atomic E-state index is 0.177. The quantitative estimate of drug-likeness (QED) is 0.0470. The van der Waals surface area contributed by atoms with Crippen LogP contribution in [-0.2, 0) is 32.4 Å². The Bertz CT molecular complexity index is 3450. The van der Waals surface area contributed by atoms with Gasteiger partial charge in [0.15, 0.2) is 0 Å². The Balaban J connectivity index is 0.000000169. The van der Waals surface area contributed by atoms with Crippen LogP contribution >= 0.6 is 0 Å². The number of nitrogens with one attached hydrogen (secondary N) is 2. The molecule has 3 aromatic heterocycles. The molecule has 358 valence electrons. The molecular weight excluding hydrogens is 903 g/mol. The van der Waals surface area contributed by atoms with E-state index in [1.54, 1.807) is 92.7 Å². The molecule has 70 heavy (non-hydrogen) atoms. The van der Waals surface area contributed by atoms with Crippen molar-refractivity contribution in [2.45, 2.75) is 40.9 Å². The van der Waals surface area contributed by atoms with E-state index in [9.17, 15) is 38.8 Å². The first-order chi connectivity index (χ1) is 33.6. The highest BCUT2D eigenvalue weighted by Crippen LogP contribution is 2.11. The number of para-hydroxylation sites is 4. The lowest BCUT2D eigenvalue weighted by Crippen LogP contribution is -2.29. The zero-order valence-electron chi connectivity index (χ0n) is 38.2. The Kier molecular flexibility index (Phi) is 18.7. The number of nitrogens with zero attached hydrogens (tertiary/aromatic N) is 4. The van der Waals surface area contributed by atoms with Crippen LogP contribution in [0, 0.1) is 13.8 Å². The predicted molar refractivity (Wildman–Crippen MR) is 260 cm³/mol. The van der Waals surface area contributed by atoms with Crippen molar-refractivity contribution in [1.82, 2.24) is 29.9 Å². The SMILES string of the molecule is CC(=O)OC(C)=O.Cc1nc2ccccc2c(=O)n1O.Cc1nc2ccccc2c(=O)n1OCc1ccccc1.Nc1ccccc1C(=O)NOCc1ccccc1.O=c1[nH]c2ccccc2c(=O)o1. The number of amides is 1. The van der Waals surface area contributed by atoms with Crippen LogP contribution in [0.15, 0.2) is 181 Å². The molecule has 0 atom stereocenters. The molecule has 19 nitrogen and oxygen atoms in total. The summed E-state index contributed by atoms with van der Waals surface area (Å²) in [4.78, 5) is 98.4. The number of hydroxylamine groups is 1. The number of carbonyl (C=O) groups excluding carboxylic acids is 3. The van der Waals surface area contributed by atoms with Gasteiger partial charge in [-0.05, 0) is 73.5 Å². The topological polar surface area (TPSA) is 270 Å². The molecule has 6 aromatic carbocycles. The number of fused-ring (bicyclic) bond motifs is 3. The van der Waals surface area contributed by atoms with Crippen LogP contribution in [-0.4, -0.2) is 47.5 Å². The first-order valence-electron chi connectivity index (χ1n) is 21.1. The number of aromatic amines is 1. The van der Waals surface area contributed by atoms with Gasteiger partial charge >= 0.3 is 23.3 Å². The normalized spacial score (nSPS) is 10.1. The summed E-state index contributed by atoms with van der Waals surface area (Å²) in [6.07, 6.45) is 0. The average molecular weight is 950 g/mol. The molecule has 19 heteroatoms. The first kappa shape index (κ1) is 51.5. The van der Waals surface area contributed by atoms with E-state index in [2.05, 4.69) is 29.6 Å². The maximum atomic E-state index is 12.4. The molecule has 0 aliphatic carbocycles. The monoisotopic (exact) mass is 949 g/mol. The lowest BCUT2D eigenvalue weighted by molar-refractivity contribution is -0.156. The number of hydrogen-bond donors (Lipinski definition) is 4. The molecule has 9 rings (SSSR count). The lowest BCUT2D eigenvalue weighted by Gasteiger charge is -2.11. The maximum absolute atomic E-state index is 12.4. The maximum Gasteiger partial charge on any atom is 0.419 e. The van der Waals surface area contributed by atoms with Gasteiger partial charge in [-0.2, -0.15) is 0 Å². The highest BCUT2D eigenvalue weighted by molar-refractivity contribution is 5.98. The number of nitrogen functional groups attached to an aromatic ring is 1. The summed E-state index contributed by atoms with van der Waals surface area (Å²) in [5.41, 5.74) is 11.5. The molecule has 0 unspecified atom stereocenters. The van der Waals surface area contributed by atoms with E-state index in [0.29, 0.717) is 73.6 Å². The fourth-order valence-electron chi connectivity index (χ4n) is 6.09. The molecule has 0 saturated heterocycles. The number of aromatic nitrogens is 5. The van der Waals surface area contributed by atoms with Gasteiger partial charge in [0.05, 0.1) is 44.9 Å². The van der Waals surface area contributed by atoms with Crippen LogP contribution in [0.5, 0.6) is 0 Å². The number of carbonyl (C=O) groups is 3. The van der Waals surface area contributed by atoms with E-state index in [1.165, 1.54) is 18.6 Å². The van der Waals surface area contributed by atoms with Crippen molar-refractivity contribution in [3.05, 3.63) is 228 Å². The summed E-state index contributed by atoms with van der Waals surface area (Å²) in [7, 11) is 0. The number of aryl methyl sites for hydroxylation is 2. The zero-order chi connectivity index (χ0) is 50.6. The van der Waals surface area contributed by atoms with Crippen molar-refractivity contribution in [2.75, 3.05) is 5.73 Å². The molecule has 5 N–H and O–H groups in total. The molecule has 0 radical (unpaired) electrons. The molecule has 0 bridgehead atoms. The largest absolute Gasteiger partial charge is 0.424 e. The second kappa shape index (κ2) is 25.4. The number of esters is 2. The van der Waals surface area contributed by atoms with Crippen molar-refractivity contribution in [2.24, 2.45) is 0 Å². The molecule has 0 saturated carbocycles. The van der Waals surface area contributed by atoms with Crippen LogP contribution in [0.1, 0.15) is 47.0 Å². The molecule has 0 fully saturated rings. The molecule has 9 aromatic rings. The second-order valence-electron chi connectivity index (χ2n) is 14.6. The first-order valence-corrected chi connectivity index (χ1v) is 21.1. The van der Waals surface area contributed by atoms with Crippen LogP contribution in [0.3, 0.4) is 0 Å². The summed E-state index contributed by atoms with van der Waals surface area (Å²) in [5.74, 6) is -1.35. The Morgan fingerprint density at radius 1 is 0.629 bits per heavy atom. The minimum Gasteiger partial charge on any atom is -0.424 e. The Hall–Kier alpha value is -9.49. The van der Waals surface area contributed by atoms with Gasteiger partial charge in [0, 0.05) is 19.5 Å². The third-order valence-electron chi connectivity index (χ3n) is 9.32. The van der Waals surface area contributed by atoms with E-state index in [4.69, 9.17) is 15.4 Å². The number of ether oxygens (including phenoxy) is 1. The third kappa shape index (κ3) is 15.0. The van der Waals surface area contributed by atoms with Crippen molar-refractivity contribution >= 4 is 56.2 Å². The number of anilines is 1. The van der Waals surface area contributed by atoms with Crippen molar-refractivity contribution in [3.8, 4) is 0 Å². The third-order valence-corrected chi connectivity index (χ3v) is 9.32. The van der Waals surface area contributed by atoms with Gasteiger partial charge < -0.3 is 24.9 Å². The van der Waals surface area contributed by atoms with E-state index in [-0.39, 0.29) is 11.5 Å². The number of benzene rings is 6. The van der Waals surface area contributed by atoms with Gasteiger partial charge in [-0.15, -0.1) is 9.46 Å². The standard InChI is InChI=1S/C16H14N2O2.C14H14N2O2.C9H8N2O2.C8H5NO3.C4H6O3/c1-12-17-15-10-6-5-9-14(15)16(19)18(12)20-11-13-7-3-2-4-8-13;15-13-9-5-4-8-12(13)14(17)16-18-10-11-6-2-1-3-7-11;1-6-10-8-5-3-2-4-7(8)9(12)11(6)13;10-7-5-3-1-2-4-6(5)9-8(11)12-7;1-3(5)7-4(2)6/h2-10H,11H2,1H3;1-9H,10,15H2,(H,16,17);2-5,13H,1H3;1-4H,(H,9,11);1-2H3. The van der Waals surface area contributed by atoms with Gasteiger partial charge in [-0.3, -0.25) is 33.8 Å². The van der Waals surface area contributed by atoms with E-state index in [1.807, 2.05) is 78.9 Å². The number of nitrogens with two attached hydrogens (primary N) is 1. The Morgan fingerprint density at radius 3 is 1.69 bits per heavy atom. The van der Waals surface area contributed by atoms with E-state index < -0.39 is 28.9 Å². The summed E-state index contributed by atoms with van der Waals surface area (Å²) in [6, 6.07) is 47.0. The van der Waals surface area contributed by atoms with Gasteiger partial charge in [0.2, 0.25) is 0 Å². The summed E-state index contributed by atoms with van der Waals surface area (Å²) < 4.78 is 10.1. The predicted octanol–water partition coefficient (Wildman–Crippen LogP) is 5.98. The van der Waals surface area contributed by atoms with E-state index in [0.717, 1.165) is 11.1 Å². The van der Waals surface area contributed by atoms with E-state index >= 15 is 0 Å². The van der Waals surface area contributed by atoms with Crippen LogP contribution in [0.25, 0.3) is 32.7 Å². The summed E-state index contributed by atoms with van der Waals surface area (Å²) in [6.45, 7) is 6.36. The molecule has 0 spiro atoms. The van der Waals surface area contributed by atoms with Crippen LogP contribution < -0.4 is 38.6 Å². The van der Waals surface area contributed by atoms with Gasteiger partial charge in [-0.1, -0.05) is 109 Å². The van der Waals surface area contributed by atoms with Crippen molar-refractivity contribution in [3.63, 3.8) is 0 Å². The summed E-state index contributed by atoms with van der Waals surface area (Å²) in [5, 5.41) is 10.6. The number of rotatable bonds is 7. The molecule has 0 aliphatic rings. The average Bonchev–Trinajstić information content (AvgIpc) is 3.34. The number of hydrogen-bond acceptors (Lipinski definition) is 15.